The first-order valence-corrected chi connectivity index (χ1v) is 14.9. The van der Waals surface area contributed by atoms with Crippen LogP contribution >= 0.6 is 11.8 Å². The number of oxazole rings is 1. The number of carbonyl (C=O) groups is 1. The first-order chi connectivity index (χ1) is 18.6. The summed E-state index contributed by atoms with van der Waals surface area (Å²) in [4.78, 5) is 17.0. The van der Waals surface area contributed by atoms with Gasteiger partial charge in [0.15, 0.2) is 11.5 Å². The number of allylic oxidation sites excluding steroid dienone is 3. The monoisotopic (exact) mass is 525 g/mol. The van der Waals surface area contributed by atoms with Crippen molar-refractivity contribution in [1.29, 1.82) is 0 Å². The SMILES string of the molecule is CCN1C(=CC2=C(SC3CC4CCC(C4)C3)C(=Cc3oc4ccccc4[n+]3CC)C2=O)Oc2ccccc21. The van der Waals surface area contributed by atoms with Crippen LogP contribution in [0.3, 0.4) is 0 Å². The summed E-state index contributed by atoms with van der Waals surface area (Å²) in [6, 6.07) is 16.1. The minimum absolute atomic E-state index is 0.0671. The number of hydrogen-bond acceptors (Lipinski definition) is 5. The molecule has 2 fully saturated rings. The topological polar surface area (TPSA) is 46.6 Å². The number of aryl methyl sites for hydroxylation is 1. The summed E-state index contributed by atoms with van der Waals surface area (Å²) in [7, 11) is 0. The van der Waals surface area contributed by atoms with E-state index in [0.717, 1.165) is 75.3 Å². The molecule has 2 aromatic carbocycles. The zero-order chi connectivity index (χ0) is 25.8. The third-order valence-corrected chi connectivity index (χ3v) is 9.94. The molecule has 2 atom stereocenters. The van der Waals surface area contributed by atoms with E-state index in [1.54, 1.807) is 0 Å². The van der Waals surface area contributed by atoms with Crippen LogP contribution < -0.4 is 14.2 Å². The number of hydrogen-bond donors (Lipinski definition) is 0. The summed E-state index contributed by atoms with van der Waals surface area (Å²) in [5, 5.41) is 0.555. The number of benzene rings is 2. The van der Waals surface area contributed by atoms with Gasteiger partial charge in [-0.05, 0) is 63.1 Å². The maximum Gasteiger partial charge on any atom is 0.374 e. The van der Waals surface area contributed by atoms with Gasteiger partial charge in [-0.25, -0.2) is 0 Å². The molecular formula is C32H33N2O3S+. The van der Waals surface area contributed by atoms with Crippen molar-refractivity contribution < 1.29 is 18.5 Å². The van der Waals surface area contributed by atoms with Crippen molar-refractivity contribution in [3.63, 3.8) is 0 Å². The molecule has 6 heteroatoms. The Hall–Kier alpha value is -3.25. The Balaban J connectivity index is 1.29. The minimum atomic E-state index is 0.0671. The van der Waals surface area contributed by atoms with Gasteiger partial charge in [0.1, 0.15) is 6.54 Å². The van der Waals surface area contributed by atoms with Crippen molar-refractivity contribution in [3.05, 3.63) is 82.4 Å². The Kier molecular flexibility index (Phi) is 5.96. The zero-order valence-electron chi connectivity index (χ0n) is 22.0. The third-order valence-electron chi connectivity index (χ3n) is 8.55. The molecule has 3 aliphatic carbocycles. The first kappa shape index (κ1) is 23.8. The summed E-state index contributed by atoms with van der Waals surface area (Å²) in [6.45, 7) is 5.77. The first-order valence-electron chi connectivity index (χ1n) is 14.0. The second-order valence-corrected chi connectivity index (χ2v) is 12.1. The van der Waals surface area contributed by atoms with E-state index in [0.29, 0.717) is 5.25 Å². The number of carbonyl (C=O) groups excluding carboxylic acids is 1. The quantitative estimate of drug-likeness (QED) is 0.255. The van der Waals surface area contributed by atoms with Crippen LogP contribution in [0.4, 0.5) is 5.69 Å². The molecule has 2 saturated carbocycles. The fourth-order valence-corrected chi connectivity index (χ4v) is 8.38. The highest BCUT2D eigenvalue weighted by Gasteiger charge is 2.41. The van der Waals surface area contributed by atoms with E-state index in [1.165, 1.54) is 32.1 Å². The van der Waals surface area contributed by atoms with Crippen LogP contribution in [0.15, 0.2) is 81.0 Å². The number of nitrogens with zero attached hydrogens (tertiary/aromatic N) is 2. The minimum Gasteiger partial charge on any atom is -0.439 e. The van der Waals surface area contributed by atoms with Crippen LogP contribution in [-0.2, 0) is 11.3 Å². The number of rotatable bonds is 6. The number of aromatic nitrogens is 1. The van der Waals surface area contributed by atoms with Gasteiger partial charge in [-0.2, -0.15) is 4.57 Å². The van der Waals surface area contributed by atoms with E-state index in [2.05, 4.69) is 35.4 Å². The number of ether oxygens (including phenoxy) is 1. The van der Waals surface area contributed by atoms with Crippen LogP contribution in [0.25, 0.3) is 17.2 Å². The van der Waals surface area contributed by atoms with Crippen LogP contribution in [0.5, 0.6) is 5.75 Å². The molecule has 4 aliphatic rings. The molecule has 2 unspecified atom stereocenters. The lowest BCUT2D eigenvalue weighted by atomic mass is 9.88. The predicted octanol–water partition coefficient (Wildman–Crippen LogP) is 7.03. The molecule has 0 amide bonds. The molecule has 3 aromatic rings. The summed E-state index contributed by atoms with van der Waals surface area (Å²) in [5.74, 6) is 4.05. The molecule has 1 aliphatic heterocycles. The third kappa shape index (κ3) is 3.92. The number of ketones is 1. The summed E-state index contributed by atoms with van der Waals surface area (Å²) in [6.07, 6.45) is 10.6. The van der Waals surface area contributed by atoms with E-state index in [1.807, 2.05) is 60.3 Å². The van der Waals surface area contributed by atoms with Crippen LogP contribution in [0.1, 0.15) is 51.8 Å². The molecule has 0 N–H and O–H groups in total. The highest BCUT2D eigenvalue weighted by molar-refractivity contribution is 8.04. The van der Waals surface area contributed by atoms with Crippen LogP contribution in [0, 0.1) is 11.8 Å². The molecular weight excluding hydrogens is 492 g/mol. The fraction of sp³-hybridized carbons (Fsp3) is 0.375. The number of fused-ring (bicyclic) bond motifs is 4. The summed E-state index contributed by atoms with van der Waals surface area (Å²) >= 11 is 1.91. The Morgan fingerprint density at radius 3 is 2.55 bits per heavy atom. The van der Waals surface area contributed by atoms with Gasteiger partial charge < -0.3 is 14.1 Å². The molecule has 0 spiro atoms. The van der Waals surface area contributed by atoms with Crippen molar-refractivity contribution in [2.45, 2.75) is 57.7 Å². The van der Waals surface area contributed by atoms with Gasteiger partial charge >= 0.3 is 5.89 Å². The van der Waals surface area contributed by atoms with Gasteiger partial charge in [-0.15, -0.1) is 11.8 Å². The van der Waals surface area contributed by atoms with Gasteiger partial charge in [0.2, 0.25) is 11.5 Å². The lowest BCUT2D eigenvalue weighted by Crippen LogP contribution is -2.34. The summed E-state index contributed by atoms with van der Waals surface area (Å²) in [5.41, 5.74) is 4.47. The van der Waals surface area contributed by atoms with E-state index >= 15 is 0 Å². The largest absolute Gasteiger partial charge is 0.439 e. The van der Waals surface area contributed by atoms with Gasteiger partial charge in [0.05, 0.1) is 11.8 Å². The van der Waals surface area contributed by atoms with E-state index in [-0.39, 0.29) is 5.78 Å². The Labute approximate surface area is 227 Å². The second-order valence-electron chi connectivity index (χ2n) is 10.8. The predicted molar refractivity (Wildman–Crippen MR) is 152 cm³/mol. The average molecular weight is 526 g/mol. The summed E-state index contributed by atoms with van der Waals surface area (Å²) < 4.78 is 14.6. The van der Waals surface area contributed by atoms with Crippen molar-refractivity contribution in [3.8, 4) is 5.75 Å². The molecule has 2 heterocycles. The number of anilines is 1. The highest BCUT2D eigenvalue weighted by atomic mass is 32.2. The lowest BCUT2D eigenvalue weighted by molar-refractivity contribution is -0.674. The van der Waals surface area contributed by atoms with Gasteiger partial charge in [0.25, 0.3) is 5.52 Å². The van der Waals surface area contributed by atoms with Gasteiger partial charge in [-0.3, -0.25) is 4.79 Å². The smallest absolute Gasteiger partial charge is 0.374 e. The van der Waals surface area contributed by atoms with Crippen molar-refractivity contribution in [2.75, 3.05) is 11.4 Å². The number of Topliss-reactive ketones (excluding diaryl/α,β-unsaturated/α-hetero) is 1. The molecule has 7 rings (SSSR count). The van der Waals surface area contributed by atoms with Crippen molar-refractivity contribution >= 4 is 40.4 Å². The Bertz CT molecular complexity index is 1520. The molecule has 1 aromatic heterocycles. The zero-order valence-corrected chi connectivity index (χ0v) is 22.8. The van der Waals surface area contributed by atoms with E-state index < -0.39 is 0 Å². The second kappa shape index (κ2) is 9.49. The highest BCUT2D eigenvalue weighted by Crippen LogP contribution is 2.51. The van der Waals surface area contributed by atoms with Crippen molar-refractivity contribution in [2.24, 2.45) is 11.8 Å². The van der Waals surface area contributed by atoms with E-state index in [9.17, 15) is 4.79 Å². The number of para-hydroxylation sites is 4. The van der Waals surface area contributed by atoms with Gasteiger partial charge in [0, 0.05) is 40.0 Å². The molecule has 0 saturated heterocycles. The number of thioether (sulfide) groups is 1. The van der Waals surface area contributed by atoms with Crippen molar-refractivity contribution in [1.82, 2.24) is 0 Å². The van der Waals surface area contributed by atoms with Crippen LogP contribution in [-0.4, -0.2) is 17.6 Å². The van der Waals surface area contributed by atoms with E-state index in [4.69, 9.17) is 9.15 Å². The van der Waals surface area contributed by atoms with Gasteiger partial charge in [-0.1, -0.05) is 37.1 Å². The standard InChI is InChI=1S/C32H33N2O3S/c1-3-33-25-9-5-7-11-27(25)36-29(33)18-23-31(35)24(32(23)38-22-16-20-13-14-21(15-20)17-22)19-30-34(4-2)26-10-6-8-12-28(26)37-30/h5-12,18-22H,3-4,13-17H2,1-2H3/q+1. The maximum atomic E-state index is 13.7. The maximum absolute atomic E-state index is 13.7. The Morgan fingerprint density at radius 2 is 1.76 bits per heavy atom. The molecule has 194 valence electrons. The average Bonchev–Trinajstić information content (AvgIpc) is 3.60. The molecule has 38 heavy (non-hydrogen) atoms. The molecule has 2 bridgehead atoms. The fourth-order valence-electron chi connectivity index (χ4n) is 6.75. The molecule has 0 radical (unpaired) electrons. The normalized spacial score (nSPS) is 26.4. The van der Waals surface area contributed by atoms with Crippen LogP contribution in [0.2, 0.25) is 0 Å². The Morgan fingerprint density at radius 1 is 1.00 bits per heavy atom. The lowest BCUT2D eigenvalue weighted by Gasteiger charge is -2.31. The molecule has 5 nitrogen and oxygen atoms in total.